The van der Waals surface area contributed by atoms with E-state index in [9.17, 15) is 9.18 Å². The van der Waals surface area contributed by atoms with Gasteiger partial charge in [-0.05, 0) is 46.7 Å². The minimum absolute atomic E-state index is 0.349. The summed E-state index contributed by atoms with van der Waals surface area (Å²) >= 11 is 1.44. The molecule has 0 radical (unpaired) electrons. The highest BCUT2D eigenvalue weighted by molar-refractivity contribution is 7.08. The van der Waals surface area contributed by atoms with E-state index in [0.717, 1.165) is 0 Å². The van der Waals surface area contributed by atoms with Crippen LogP contribution in [0.25, 0.3) is 0 Å². The smallest absolute Gasteiger partial charge is 0.330 e. The minimum Gasteiger partial charge on any atom is -0.479 e. The van der Waals surface area contributed by atoms with Crippen molar-refractivity contribution >= 4 is 23.0 Å². The highest BCUT2D eigenvalue weighted by Gasteiger charge is 2.19. The summed E-state index contributed by atoms with van der Waals surface area (Å²) in [7, 11) is 0. The van der Waals surface area contributed by atoms with Gasteiger partial charge in [-0.2, -0.15) is 11.3 Å². The number of carboxylic acids is 1. The molecule has 0 aliphatic heterocycles. The number of rotatable bonds is 4. The van der Waals surface area contributed by atoms with Gasteiger partial charge in [0.15, 0.2) is 6.04 Å². The van der Waals surface area contributed by atoms with E-state index in [-0.39, 0.29) is 5.82 Å². The van der Waals surface area contributed by atoms with E-state index in [1.165, 1.54) is 35.6 Å². The standard InChI is InChI=1S/C12H10FNO2S/c13-9-1-3-10(4-2-9)14-11(12(15)16)8-5-6-17-7-8/h1-7,11,14H,(H,15,16). The number of hydrogen-bond acceptors (Lipinski definition) is 3. The molecule has 0 aliphatic rings. The van der Waals surface area contributed by atoms with Gasteiger partial charge in [0.05, 0.1) is 0 Å². The van der Waals surface area contributed by atoms with Gasteiger partial charge in [0.25, 0.3) is 0 Å². The topological polar surface area (TPSA) is 49.3 Å². The summed E-state index contributed by atoms with van der Waals surface area (Å²) in [6.45, 7) is 0. The van der Waals surface area contributed by atoms with Gasteiger partial charge in [-0.15, -0.1) is 0 Å². The number of benzene rings is 1. The summed E-state index contributed by atoms with van der Waals surface area (Å²) in [5, 5.41) is 15.6. The summed E-state index contributed by atoms with van der Waals surface area (Å²) in [5.74, 6) is -1.31. The van der Waals surface area contributed by atoms with E-state index in [1.54, 1.807) is 11.4 Å². The lowest BCUT2D eigenvalue weighted by molar-refractivity contribution is -0.138. The first-order valence-electron chi connectivity index (χ1n) is 4.94. The molecule has 2 N–H and O–H groups in total. The van der Waals surface area contributed by atoms with E-state index in [4.69, 9.17) is 5.11 Å². The summed E-state index contributed by atoms with van der Waals surface area (Å²) in [6.07, 6.45) is 0. The van der Waals surface area contributed by atoms with Crippen LogP contribution in [0, 0.1) is 5.82 Å². The Kier molecular flexibility index (Phi) is 3.39. The Balaban J connectivity index is 2.19. The number of anilines is 1. The van der Waals surface area contributed by atoms with Gasteiger partial charge in [-0.25, -0.2) is 9.18 Å². The molecular weight excluding hydrogens is 241 g/mol. The van der Waals surface area contributed by atoms with Crippen LogP contribution in [-0.4, -0.2) is 11.1 Å². The van der Waals surface area contributed by atoms with Crippen LogP contribution in [0.1, 0.15) is 11.6 Å². The molecule has 3 nitrogen and oxygen atoms in total. The van der Waals surface area contributed by atoms with Crippen LogP contribution < -0.4 is 5.32 Å². The number of nitrogens with one attached hydrogen (secondary N) is 1. The fourth-order valence-corrected chi connectivity index (χ4v) is 2.13. The Hall–Kier alpha value is -1.88. The van der Waals surface area contributed by atoms with Crippen molar-refractivity contribution in [3.63, 3.8) is 0 Å². The maximum absolute atomic E-state index is 12.7. The minimum atomic E-state index is -0.965. The molecule has 1 aromatic carbocycles. The fourth-order valence-electron chi connectivity index (χ4n) is 1.44. The monoisotopic (exact) mass is 251 g/mol. The first kappa shape index (κ1) is 11.6. The van der Waals surface area contributed by atoms with Gasteiger partial charge < -0.3 is 10.4 Å². The highest BCUT2D eigenvalue weighted by atomic mass is 32.1. The van der Waals surface area contributed by atoms with Crippen molar-refractivity contribution in [2.45, 2.75) is 6.04 Å². The number of thiophene rings is 1. The number of halogens is 1. The third kappa shape index (κ3) is 2.82. The maximum Gasteiger partial charge on any atom is 0.330 e. The summed E-state index contributed by atoms with van der Waals surface area (Å²) in [5.41, 5.74) is 1.26. The quantitative estimate of drug-likeness (QED) is 0.877. The van der Waals surface area contributed by atoms with E-state index >= 15 is 0 Å². The van der Waals surface area contributed by atoms with Crippen molar-refractivity contribution in [2.75, 3.05) is 5.32 Å². The molecule has 2 rings (SSSR count). The molecule has 0 saturated carbocycles. The van der Waals surface area contributed by atoms with Gasteiger partial charge in [0.2, 0.25) is 0 Å². The second-order valence-electron chi connectivity index (χ2n) is 3.48. The van der Waals surface area contributed by atoms with Crippen molar-refractivity contribution in [2.24, 2.45) is 0 Å². The molecule has 1 atom stereocenters. The van der Waals surface area contributed by atoms with Crippen LogP contribution in [-0.2, 0) is 4.79 Å². The first-order valence-corrected chi connectivity index (χ1v) is 5.88. The van der Waals surface area contributed by atoms with Crippen molar-refractivity contribution in [3.05, 3.63) is 52.5 Å². The third-order valence-electron chi connectivity index (χ3n) is 2.28. The molecule has 5 heteroatoms. The Morgan fingerprint density at radius 1 is 1.29 bits per heavy atom. The molecule has 17 heavy (non-hydrogen) atoms. The maximum atomic E-state index is 12.7. The molecule has 0 aliphatic carbocycles. The van der Waals surface area contributed by atoms with Gasteiger partial charge >= 0.3 is 5.97 Å². The average molecular weight is 251 g/mol. The Bertz CT molecular complexity index is 496. The summed E-state index contributed by atoms with van der Waals surface area (Å²) in [6, 6.07) is 6.53. The second-order valence-corrected chi connectivity index (χ2v) is 4.26. The molecule has 1 aromatic heterocycles. The molecule has 1 unspecified atom stereocenters. The predicted molar refractivity (Wildman–Crippen MR) is 64.7 cm³/mol. The average Bonchev–Trinajstić information content (AvgIpc) is 2.81. The third-order valence-corrected chi connectivity index (χ3v) is 2.98. The van der Waals surface area contributed by atoms with Crippen molar-refractivity contribution in [3.8, 4) is 0 Å². The lowest BCUT2D eigenvalue weighted by atomic mass is 10.1. The normalized spacial score (nSPS) is 12.1. The predicted octanol–water partition coefficient (Wildman–Crippen LogP) is 3.13. The van der Waals surface area contributed by atoms with E-state index in [0.29, 0.717) is 11.3 Å². The highest BCUT2D eigenvalue weighted by Crippen LogP contribution is 2.22. The van der Waals surface area contributed by atoms with Crippen molar-refractivity contribution in [1.29, 1.82) is 0 Å². The van der Waals surface area contributed by atoms with Crippen LogP contribution in [0.4, 0.5) is 10.1 Å². The van der Waals surface area contributed by atoms with E-state index < -0.39 is 12.0 Å². The Morgan fingerprint density at radius 2 is 2.00 bits per heavy atom. The van der Waals surface area contributed by atoms with Crippen LogP contribution in [0.2, 0.25) is 0 Å². The zero-order valence-corrected chi connectivity index (χ0v) is 9.58. The molecular formula is C12H10FNO2S. The number of aliphatic carboxylic acids is 1. The summed E-state index contributed by atoms with van der Waals surface area (Å²) in [4.78, 5) is 11.1. The lowest BCUT2D eigenvalue weighted by Gasteiger charge is -2.14. The number of carbonyl (C=O) groups is 1. The summed E-state index contributed by atoms with van der Waals surface area (Å²) < 4.78 is 12.7. The Morgan fingerprint density at radius 3 is 2.53 bits per heavy atom. The number of carboxylic acid groups (broad SMARTS) is 1. The Labute approximate surface area is 102 Å². The van der Waals surface area contributed by atoms with Crippen molar-refractivity contribution < 1.29 is 14.3 Å². The molecule has 0 amide bonds. The van der Waals surface area contributed by atoms with Crippen LogP contribution in [0.15, 0.2) is 41.1 Å². The molecule has 1 heterocycles. The zero-order chi connectivity index (χ0) is 12.3. The SMILES string of the molecule is O=C(O)C(Nc1ccc(F)cc1)c1ccsc1. The van der Waals surface area contributed by atoms with Gasteiger partial charge in [-0.3, -0.25) is 0 Å². The zero-order valence-electron chi connectivity index (χ0n) is 8.76. The van der Waals surface area contributed by atoms with Gasteiger partial charge in [0.1, 0.15) is 5.82 Å². The molecule has 0 saturated heterocycles. The fraction of sp³-hybridized carbons (Fsp3) is 0.0833. The number of hydrogen-bond donors (Lipinski definition) is 2. The largest absolute Gasteiger partial charge is 0.479 e. The van der Waals surface area contributed by atoms with Crippen LogP contribution in [0.3, 0.4) is 0 Å². The molecule has 2 aromatic rings. The first-order chi connectivity index (χ1) is 8.16. The van der Waals surface area contributed by atoms with Crippen LogP contribution >= 0.6 is 11.3 Å². The molecule has 0 spiro atoms. The molecule has 0 fully saturated rings. The molecule has 0 bridgehead atoms. The second kappa shape index (κ2) is 4.97. The lowest BCUT2D eigenvalue weighted by Crippen LogP contribution is -2.19. The molecule has 88 valence electrons. The van der Waals surface area contributed by atoms with E-state index in [2.05, 4.69) is 5.32 Å². The van der Waals surface area contributed by atoms with E-state index in [1.807, 2.05) is 5.38 Å². The van der Waals surface area contributed by atoms with Gasteiger partial charge in [0, 0.05) is 5.69 Å². The van der Waals surface area contributed by atoms with Crippen molar-refractivity contribution in [1.82, 2.24) is 0 Å². The van der Waals surface area contributed by atoms with Crippen LogP contribution in [0.5, 0.6) is 0 Å². The van der Waals surface area contributed by atoms with Gasteiger partial charge in [-0.1, -0.05) is 0 Å².